The number of benzene rings is 1. The summed E-state index contributed by atoms with van der Waals surface area (Å²) in [4.78, 5) is 19.6. The SMILES string of the molecule is CC(C)N1CCNC(C(=O)N2CCN(c3cccc(CN)c3)CC2)C1. The van der Waals surface area contributed by atoms with Crippen molar-refractivity contribution in [3.8, 4) is 0 Å². The van der Waals surface area contributed by atoms with Gasteiger partial charge in [-0.15, -0.1) is 0 Å². The summed E-state index contributed by atoms with van der Waals surface area (Å²) in [6.45, 7) is 11.0. The van der Waals surface area contributed by atoms with Gasteiger partial charge < -0.3 is 20.9 Å². The highest BCUT2D eigenvalue weighted by Crippen LogP contribution is 2.18. The molecular weight excluding hydrogens is 314 g/mol. The van der Waals surface area contributed by atoms with Crippen molar-refractivity contribution in [2.45, 2.75) is 32.5 Å². The van der Waals surface area contributed by atoms with Crippen LogP contribution in [0.4, 0.5) is 5.69 Å². The molecule has 25 heavy (non-hydrogen) atoms. The molecule has 2 heterocycles. The molecule has 138 valence electrons. The molecule has 1 atom stereocenters. The lowest BCUT2D eigenvalue weighted by molar-refractivity contribution is -0.135. The van der Waals surface area contributed by atoms with E-state index in [1.807, 2.05) is 4.90 Å². The Morgan fingerprint density at radius 2 is 2.00 bits per heavy atom. The summed E-state index contributed by atoms with van der Waals surface area (Å²) in [6, 6.07) is 8.81. The van der Waals surface area contributed by atoms with Crippen LogP contribution in [0.2, 0.25) is 0 Å². The molecule has 0 aromatic heterocycles. The van der Waals surface area contributed by atoms with Crippen LogP contribution in [0, 0.1) is 0 Å². The fourth-order valence-electron chi connectivity index (χ4n) is 3.69. The van der Waals surface area contributed by atoms with Crippen molar-refractivity contribution in [1.82, 2.24) is 15.1 Å². The van der Waals surface area contributed by atoms with Gasteiger partial charge in [0.25, 0.3) is 0 Å². The molecule has 6 heteroatoms. The number of carbonyl (C=O) groups is 1. The lowest BCUT2D eigenvalue weighted by Gasteiger charge is -2.41. The van der Waals surface area contributed by atoms with Gasteiger partial charge in [0.1, 0.15) is 0 Å². The first kappa shape index (κ1) is 18.2. The third kappa shape index (κ3) is 4.32. The quantitative estimate of drug-likeness (QED) is 0.831. The Bertz CT molecular complexity index is 583. The molecule has 1 aromatic carbocycles. The first-order valence-electron chi connectivity index (χ1n) is 9.38. The van der Waals surface area contributed by atoms with E-state index >= 15 is 0 Å². The summed E-state index contributed by atoms with van der Waals surface area (Å²) in [5.41, 5.74) is 8.10. The fraction of sp³-hybridized carbons (Fsp3) is 0.632. The third-order valence-corrected chi connectivity index (χ3v) is 5.34. The number of piperazine rings is 2. The molecule has 0 bridgehead atoms. The Labute approximate surface area is 150 Å². The van der Waals surface area contributed by atoms with Crippen molar-refractivity contribution < 1.29 is 4.79 Å². The predicted octanol–water partition coefficient (Wildman–Crippen LogP) is 0.476. The molecule has 1 aromatic rings. The van der Waals surface area contributed by atoms with Gasteiger partial charge in [0, 0.05) is 64.1 Å². The Morgan fingerprint density at radius 3 is 2.68 bits per heavy atom. The second kappa shape index (κ2) is 8.17. The van der Waals surface area contributed by atoms with Crippen LogP contribution in [-0.2, 0) is 11.3 Å². The first-order chi connectivity index (χ1) is 12.1. The van der Waals surface area contributed by atoms with Gasteiger partial charge in [-0.1, -0.05) is 12.1 Å². The zero-order chi connectivity index (χ0) is 17.8. The lowest BCUT2D eigenvalue weighted by Crippen LogP contribution is -2.61. The van der Waals surface area contributed by atoms with E-state index < -0.39 is 0 Å². The molecule has 0 spiro atoms. The molecule has 0 radical (unpaired) electrons. The molecule has 0 aliphatic carbocycles. The molecule has 3 rings (SSSR count). The van der Waals surface area contributed by atoms with Crippen LogP contribution >= 0.6 is 0 Å². The van der Waals surface area contributed by atoms with Gasteiger partial charge in [0.05, 0.1) is 6.04 Å². The maximum atomic E-state index is 12.9. The minimum absolute atomic E-state index is 0.0664. The molecule has 2 saturated heterocycles. The fourth-order valence-corrected chi connectivity index (χ4v) is 3.69. The van der Waals surface area contributed by atoms with Gasteiger partial charge in [-0.3, -0.25) is 9.69 Å². The second-order valence-electron chi connectivity index (χ2n) is 7.28. The molecule has 2 aliphatic heterocycles. The summed E-state index contributed by atoms with van der Waals surface area (Å²) in [6.07, 6.45) is 0. The zero-order valence-corrected chi connectivity index (χ0v) is 15.4. The highest BCUT2D eigenvalue weighted by Gasteiger charge is 2.31. The summed E-state index contributed by atoms with van der Waals surface area (Å²) < 4.78 is 0. The van der Waals surface area contributed by atoms with Crippen LogP contribution in [0.25, 0.3) is 0 Å². The van der Waals surface area contributed by atoms with E-state index in [1.165, 1.54) is 5.69 Å². The second-order valence-corrected chi connectivity index (χ2v) is 7.28. The molecule has 1 amide bonds. The van der Waals surface area contributed by atoms with Crippen molar-refractivity contribution in [2.24, 2.45) is 5.73 Å². The molecule has 1 unspecified atom stereocenters. The zero-order valence-electron chi connectivity index (χ0n) is 15.4. The minimum atomic E-state index is -0.0664. The van der Waals surface area contributed by atoms with Gasteiger partial charge in [-0.2, -0.15) is 0 Å². The number of hydrogen-bond acceptors (Lipinski definition) is 5. The van der Waals surface area contributed by atoms with E-state index in [0.29, 0.717) is 12.6 Å². The molecular formula is C19H31N5O. The number of amides is 1. The summed E-state index contributed by atoms with van der Waals surface area (Å²) in [5, 5.41) is 3.40. The standard InChI is InChI=1S/C19H31N5O/c1-15(2)24-7-6-21-18(14-24)19(25)23-10-8-22(9-11-23)17-5-3-4-16(12-17)13-20/h3-5,12,15,18,21H,6-11,13-14,20H2,1-2H3. The van der Waals surface area contributed by atoms with Crippen molar-refractivity contribution >= 4 is 11.6 Å². The van der Waals surface area contributed by atoms with E-state index in [9.17, 15) is 4.79 Å². The average molecular weight is 345 g/mol. The van der Waals surface area contributed by atoms with Crippen molar-refractivity contribution in [3.63, 3.8) is 0 Å². The molecule has 2 fully saturated rings. The number of anilines is 1. The number of hydrogen-bond donors (Lipinski definition) is 2. The number of nitrogens with two attached hydrogens (primary N) is 1. The van der Waals surface area contributed by atoms with Gasteiger partial charge in [-0.25, -0.2) is 0 Å². The largest absolute Gasteiger partial charge is 0.368 e. The van der Waals surface area contributed by atoms with Crippen molar-refractivity contribution in [1.29, 1.82) is 0 Å². The van der Waals surface area contributed by atoms with Gasteiger partial charge in [0.2, 0.25) is 5.91 Å². The average Bonchev–Trinajstić information content (AvgIpc) is 2.67. The number of nitrogens with one attached hydrogen (secondary N) is 1. The summed E-state index contributed by atoms with van der Waals surface area (Å²) in [5.74, 6) is 0.251. The number of rotatable bonds is 4. The van der Waals surface area contributed by atoms with E-state index in [4.69, 9.17) is 5.73 Å². The van der Waals surface area contributed by atoms with E-state index in [2.05, 4.69) is 53.2 Å². The van der Waals surface area contributed by atoms with Crippen LogP contribution in [0.3, 0.4) is 0 Å². The van der Waals surface area contributed by atoms with Crippen LogP contribution in [-0.4, -0.2) is 73.6 Å². The van der Waals surface area contributed by atoms with Crippen LogP contribution in [0.15, 0.2) is 24.3 Å². The highest BCUT2D eigenvalue weighted by atomic mass is 16.2. The maximum absolute atomic E-state index is 12.9. The Morgan fingerprint density at radius 1 is 1.24 bits per heavy atom. The first-order valence-corrected chi connectivity index (χ1v) is 9.38. The van der Waals surface area contributed by atoms with Gasteiger partial charge in [0.15, 0.2) is 0 Å². The lowest BCUT2D eigenvalue weighted by atomic mass is 10.1. The van der Waals surface area contributed by atoms with Crippen LogP contribution in [0.1, 0.15) is 19.4 Å². The molecule has 6 nitrogen and oxygen atoms in total. The van der Waals surface area contributed by atoms with E-state index in [0.717, 1.165) is 51.4 Å². The molecule has 3 N–H and O–H groups in total. The van der Waals surface area contributed by atoms with Crippen molar-refractivity contribution in [2.75, 3.05) is 50.7 Å². The Kier molecular flexibility index (Phi) is 5.93. The Balaban J connectivity index is 1.55. The summed E-state index contributed by atoms with van der Waals surface area (Å²) in [7, 11) is 0. The van der Waals surface area contributed by atoms with Crippen molar-refractivity contribution in [3.05, 3.63) is 29.8 Å². The normalized spacial score (nSPS) is 22.5. The van der Waals surface area contributed by atoms with Crippen LogP contribution < -0.4 is 16.0 Å². The Hall–Kier alpha value is -1.63. The predicted molar refractivity (Wildman–Crippen MR) is 102 cm³/mol. The smallest absolute Gasteiger partial charge is 0.241 e. The maximum Gasteiger partial charge on any atom is 0.241 e. The third-order valence-electron chi connectivity index (χ3n) is 5.34. The number of carbonyl (C=O) groups excluding carboxylic acids is 1. The van der Waals surface area contributed by atoms with Gasteiger partial charge >= 0.3 is 0 Å². The monoisotopic (exact) mass is 345 g/mol. The van der Waals surface area contributed by atoms with Crippen LogP contribution in [0.5, 0.6) is 0 Å². The summed E-state index contributed by atoms with van der Waals surface area (Å²) >= 11 is 0. The topological polar surface area (TPSA) is 64.8 Å². The van der Waals surface area contributed by atoms with E-state index in [-0.39, 0.29) is 11.9 Å². The van der Waals surface area contributed by atoms with E-state index in [1.54, 1.807) is 0 Å². The number of nitrogens with zero attached hydrogens (tertiary/aromatic N) is 3. The molecule has 2 aliphatic rings. The molecule has 0 saturated carbocycles. The van der Waals surface area contributed by atoms with Gasteiger partial charge in [-0.05, 0) is 31.5 Å². The minimum Gasteiger partial charge on any atom is -0.368 e. The highest BCUT2D eigenvalue weighted by molar-refractivity contribution is 5.82.